The summed E-state index contributed by atoms with van der Waals surface area (Å²) in [6.45, 7) is 9.65. The predicted molar refractivity (Wildman–Crippen MR) is 97.6 cm³/mol. The first-order valence-electron chi connectivity index (χ1n) is 7.99. The fraction of sp³-hybridized carbons (Fsp3) is 0.286. The number of para-hydroxylation sites is 1. The quantitative estimate of drug-likeness (QED) is 0.738. The molecule has 0 aliphatic rings. The summed E-state index contributed by atoms with van der Waals surface area (Å²) in [6.07, 6.45) is 2.76. The third kappa shape index (κ3) is 4.32. The van der Waals surface area contributed by atoms with Crippen LogP contribution in [0.3, 0.4) is 0 Å². The van der Waals surface area contributed by atoms with Gasteiger partial charge < -0.3 is 5.32 Å². The number of amides is 1. The number of carbonyl (C=O) groups excluding carboxylic acids is 1. The molecule has 0 saturated carbocycles. The topological polar surface area (TPSA) is 29.1 Å². The smallest absolute Gasteiger partial charge is 0.229 e. The molecule has 2 aromatic carbocycles. The zero-order valence-electron chi connectivity index (χ0n) is 14.2. The van der Waals surface area contributed by atoms with Gasteiger partial charge >= 0.3 is 0 Å². The van der Waals surface area contributed by atoms with E-state index < -0.39 is 5.41 Å². The first-order chi connectivity index (χ1) is 10.9. The molecule has 0 unspecified atom stereocenters. The van der Waals surface area contributed by atoms with Gasteiger partial charge in [-0.25, -0.2) is 0 Å². The van der Waals surface area contributed by atoms with E-state index in [1.54, 1.807) is 0 Å². The maximum absolute atomic E-state index is 12.4. The van der Waals surface area contributed by atoms with E-state index >= 15 is 0 Å². The number of hydrogen-bond donors (Lipinski definition) is 1. The van der Waals surface area contributed by atoms with Crippen LogP contribution in [0.25, 0.3) is 0 Å². The number of allylic oxidation sites excluding steroid dienone is 1. The van der Waals surface area contributed by atoms with Crippen LogP contribution in [0.2, 0.25) is 0 Å². The summed E-state index contributed by atoms with van der Waals surface area (Å²) in [7, 11) is 0. The maximum atomic E-state index is 12.4. The van der Waals surface area contributed by atoms with E-state index in [0.29, 0.717) is 0 Å². The third-order valence-electron chi connectivity index (χ3n) is 3.87. The molecule has 0 aliphatic carbocycles. The van der Waals surface area contributed by atoms with Crippen LogP contribution in [0.5, 0.6) is 0 Å². The van der Waals surface area contributed by atoms with Gasteiger partial charge in [0.05, 0.1) is 0 Å². The van der Waals surface area contributed by atoms with Crippen LogP contribution in [-0.4, -0.2) is 5.91 Å². The Bertz CT molecular complexity index is 668. The number of benzene rings is 2. The van der Waals surface area contributed by atoms with Gasteiger partial charge in [-0.05, 0) is 23.6 Å². The highest BCUT2D eigenvalue weighted by atomic mass is 16.2. The van der Waals surface area contributed by atoms with Gasteiger partial charge in [0, 0.05) is 17.0 Å². The Hall–Kier alpha value is -2.35. The van der Waals surface area contributed by atoms with Crippen molar-refractivity contribution in [2.75, 3.05) is 5.32 Å². The van der Waals surface area contributed by atoms with Crippen LogP contribution >= 0.6 is 0 Å². The Morgan fingerprint density at radius 1 is 1.09 bits per heavy atom. The molecule has 0 heterocycles. The van der Waals surface area contributed by atoms with E-state index in [9.17, 15) is 4.79 Å². The van der Waals surface area contributed by atoms with Crippen molar-refractivity contribution in [3.05, 3.63) is 78.4 Å². The van der Waals surface area contributed by atoms with Crippen molar-refractivity contribution in [3.63, 3.8) is 0 Å². The van der Waals surface area contributed by atoms with E-state index in [0.717, 1.165) is 17.7 Å². The van der Waals surface area contributed by atoms with Crippen molar-refractivity contribution >= 4 is 11.6 Å². The first-order valence-corrected chi connectivity index (χ1v) is 7.99. The van der Waals surface area contributed by atoms with Gasteiger partial charge in [-0.1, -0.05) is 75.4 Å². The molecule has 1 amide bonds. The summed E-state index contributed by atoms with van der Waals surface area (Å²) in [5.41, 5.74) is 2.80. The molecule has 1 N–H and O–H groups in total. The molecule has 2 nitrogen and oxygen atoms in total. The molecule has 0 radical (unpaired) electrons. The Morgan fingerprint density at radius 3 is 2.30 bits per heavy atom. The van der Waals surface area contributed by atoms with Crippen LogP contribution in [0.15, 0.2) is 67.3 Å². The Labute approximate surface area is 139 Å². The normalized spacial score (nSPS) is 12.5. The number of rotatable bonds is 5. The summed E-state index contributed by atoms with van der Waals surface area (Å²) in [6, 6.07) is 18.4. The maximum Gasteiger partial charge on any atom is 0.229 e. The SMILES string of the molecule is C=CC[C@H](c1ccccc1)c1ccccc1NC(=O)C(C)(C)C. The molecule has 23 heavy (non-hydrogen) atoms. The van der Waals surface area contributed by atoms with Crippen molar-refractivity contribution < 1.29 is 4.79 Å². The Kier molecular flexibility index (Phi) is 5.38. The Morgan fingerprint density at radius 2 is 1.70 bits per heavy atom. The Balaban J connectivity index is 2.41. The lowest BCUT2D eigenvalue weighted by Crippen LogP contribution is -2.28. The number of hydrogen-bond acceptors (Lipinski definition) is 1. The van der Waals surface area contributed by atoms with Crippen molar-refractivity contribution in [1.29, 1.82) is 0 Å². The van der Waals surface area contributed by atoms with Gasteiger partial charge in [-0.15, -0.1) is 6.58 Å². The molecule has 0 aliphatic heterocycles. The molecule has 120 valence electrons. The average Bonchev–Trinajstić information content (AvgIpc) is 2.53. The highest BCUT2D eigenvalue weighted by Gasteiger charge is 2.23. The zero-order valence-corrected chi connectivity index (χ0v) is 14.2. The molecule has 0 bridgehead atoms. The number of anilines is 1. The van der Waals surface area contributed by atoms with Gasteiger partial charge in [0.2, 0.25) is 5.91 Å². The standard InChI is InChI=1S/C21H25NO/c1-5-11-17(16-12-7-6-8-13-16)18-14-9-10-15-19(18)22-20(23)21(2,3)4/h5-10,12-15,17H,1,11H2,2-4H3,(H,22,23)/t17-/m1/s1. The van der Waals surface area contributed by atoms with Gasteiger partial charge in [0.25, 0.3) is 0 Å². The molecule has 2 heteroatoms. The summed E-state index contributed by atoms with van der Waals surface area (Å²) < 4.78 is 0. The third-order valence-corrected chi connectivity index (χ3v) is 3.87. The minimum absolute atomic E-state index is 0.0235. The number of carbonyl (C=O) groups is 1. The molecule has 0 fully saturated rings. The van der Waals surface area contributed by atoms with Crippen LogP contribution in [0, 0.1) is 5.41 Å². The van der Waals surface area contributed by atoms with E-state index in [1.165, 1.54) is 5.56 Å². The van der Waals surface area contributed by atoms with Crippen molar-refractivity contribution in [2.24, 2.45) is 5.41 Å². The second-order valence-corrected chi connectivity index (χ2v) is 6.78. The first kappa shape index (κ1) is 17.0. The van der Waals surface area contributed by atoms with Crippen LogP contribution in [0.1, 0.15) is 44.2 Å². The largest absolute Gasteiger partial charge is 0.325 e. The molecule has 1 atom stereocenters. The lowest BCUT2D eigenvalue weighted by molar-refractivity contribution is -0.123. The van der Waals surface area contributed by atoms with Crippen molar-refractivity contribution in [2.45, 2.75) is 33.1 Å². The fourth-order valence-corrected chi connectivity index (χ4v) is 2.52. The number of nitrogens with one attached hydrogen (secondary N) is 1. The second-order valence-electron chi connectivity index (χ2n) is 6.78. The summed E-state index contributed by atoms with van der Waals surface area (Å²) in [5.74, 6) is 0.209. The molecule has 2 rings (SSSR count). The predicted octanol–water partition coefficient (Wildman–Crippen LogP) is 5.38. The van der Waals surface area contributed by atoms with Crippen molar-refractivity contribution in [1.82, 2.24) is 0 Å². The zero-order chi connectivity index (χ0) is 16.9. The lowest BCUT2D eigenvalue weighted by atomic mass is 9.87. The van der Waals surface area contributed by atoms with Crippen LogP contribution in [-0.2, 0) is 4.79 Å². The second kappa shape index (κ2) is 7.28. The van der Waals surface area contributed by atoms with Crippen LogP contribution in [0.4, 0.5) is 5.69 Å². The van der Waals surface area contributed by atoms with Crippen molar-refractivity contribution in [3.8, 4) is 0 Å². The monoisotopic (exact) mass is 307 g/mol. The van der Waals surface area contributed by atoms with Gasteiger partial charge in [-0.2, -0.15) is 0 Å². The summed E-state index contributed by atoms with van der Waals surface area (Å²) in [4.78, 5) is 12.4. The summed E-state index contributed by atoms with van der Waals surface area (Å²) >= 11 is 0. The van der Waals surface area contributed by atoms with Gasteiger partial charge in [0.15, 0.2) is 0 Å². The van der Waals surface area contributed by atoms with Crippen LogP contribution < -0.4 is 5.32 Å². The van der Waals surface area contributed by atoms with E-state index in [4.69, 9.17) is 0 Å². The average molecular weight is 307 g/mol. The molecular formula is C21H25NO. The molecule has 0 aromatic heterocycles. The lowest BCUT2D eigenvalue weighted by Gasteiger charge is -2.23. The summed E-state index contributed by atoms with van der Waals surface area (Å²) in [5, 5.41) is 3.09. The molecule has 0 spiro atoms. The minimum Gasteiger partial charge on any atom is -0.325 e. The molecular weight excluding hydrogens is 282 g/mol. The van der Waals surface area contributed by atoms with Gasteiger partial charge in [-0.3, -0.25) is 4.79 Å². The highest BCUT2D eigenvalue weighted by Crippen LogP contribution is 2.34. The van der Waals surface area contributed by atoms with E-state index in [1.807, 2.05) is 63.2 Å². The highest BCUT2D eigenvalue weighted by molar-refractivity contribution is 5.95. The van der Waals surface area contributed by atoms with E-state index in [2.05, 4.69) is 30.1 Å². The van der Waals surface area contributed by atoms with E-state index in [-0.39, 0.29) is 11.8 Å². The fourth-order valence-electron chi connectivity index (χ4n) is 2.52. The minimum atomic E-state index is -0.423. The molecule has 2 aromatic rings. The molecule has 0 saturated heterocycles. The van der Waals surface area contributed by atoms with Gasteiger partial charge in [0.1, 0.15) is 0 Å².